The fraction of sp³-hybridized carbons (Fsp3) is 0.143. The number of hydrogen-bond acceptors (Lipinski definition) is 3. The molecule has 26 heavy (non-hydrogen) atoms. The van der Waals surface area contributed by atoms with Crippen LogP contribution in [0, 0.1) is 13.8 Å². The molecule has 3 aromatic rings. The van der Waals surface area contributed by atoms with Gasteiger partial charge in [0.1, 0.15) is 0 Å². The molecule has 2 amide bonds. The average molecular weight is 348 g/mol. The predicted octanol–water partition coefficient (Wildman–Crippen LogP) is 4.08. The fourth-order valence-electron chi connectivity index (χ4n) is 2.47. The first kappa shape index (κ1) is 17.5. The van der Waals surface area contributed by atoms with E-state index in [1.54, 1.807) is 24.3 Å². The lowest BCUT2D eigenvalue weighted by atomic mass is 10.1. The summed E-state index contributed by atoms with van der Waals surface area (Å²) in [5, 5.41) is 5.66. The Morgan fingerprint density at radius 2 is 1.69 bits per heavy atom. The SMILES string of the molecule is Cc1ccc(C(=O)NCc2ccc(NC(=O)c3ccco3)cc2)cc1C. The summed E-state index contributed by atoms with van der Waals surface area (Å²) >= 11 is 0. The highest BCUT2D eigenvalue weighted by Gasteiger charge is 2.09. The van der Waals surface area contributed by atoms with Crippen LogP contribution < -0.4 is 10.6 Å². The number of furan rings is 1. The van der Waals surface area contributed by atoms with Gasteiger partial charge < -0.3 is 15.1 Å². The van der Waals surface area contributed by atoms with Crippen molar-refractivity contribution in [2.45, 2.75) is 20.4 Å². The molecule has 0 aliphatic heterocycles. The Morgan fingerprint density at radius 3 is 2.35 bits per heavy atom. The van der Waals surface area contributed by atoms with Gasteiger partial charge in [0.15, 0.2) is 5.76 Å². The third-order valence-electron chi connectivity index (χ3n) is 4.18. The highest BCUT2D eigenvalue weighted by Crippen LogP contribution is 2.13. The maximum atomic E-state index is 12.2. The van der Waals surface area contributed by atoms with Crippen molar-refractivity contribution in [1.82, 2.24) is 5.32 Å². The van der Waals surface area contributed by atoms with Crippen molar-refractivity contribution in [3.63, 3.8) is 0 Å². The Balaban J connectivity index is 1.56. The van der Waals surface area contributed by atoms with Crippen LogP contribution in [0.15, 0.2) is 65.3 Å². The lowest BCUT2D eigenvalue weighted by Gasteiger charge is -2.08. The van der Waals surface area contributed by atoms with Gasteiger partial charge in [0, 0.05) is 17.8 Å². The van der Waals surface area contributed by atoms with Crippen LogP contribution in [-0.4, -0.2) is 11.8 Å². The van der Waals surface area contributed by atoms with Crippen LogP contribution in [0.25, 0.3) is 0 Å². The molecule has 0 saturated carbocycles. The average Bonchev–Trinajstić information content (AvgIpc) is 3.18. The van der Waals surface area contributed by atoms with Crippen LogP contribution in [0.1, 0.15) is 37.6 Å². The number of anilines is 1. The molecule has 0 spiro atoms. The topological polar surface area (TPSA) is 71.3 Å². The number of carbonyl (C=O) groups excluding carboxylic acids is 2. The highest BCUT2D eigenvalue weighted by atomic mass is 16.3. The van der Waals surface area contributed by atoms with Crippen LogP contribution in [0.4, 0.5) is 5.69 Å². The molecule has 1 aromatic heterocycles. The Hall–Kier alpha value is -3.34. The summed E-state index contributed by atoms with van der Waals surface area (Å²) in [5.41, 5.74) is 4.51. The van der Waals surface area contributed by atoms with Crippen LogP contribution in [0.5, 0.6) is 0 Å². The van der Waals surface area contributed by atoms with E-state index in [0.29, 0.717) is 17.8 Å². The lowest BCUT2D eigenvalue weighted by molar-refractivity contribution is 0.0949. The molecule has 132 valence electrons. The molecule has 5 heteroatoms. The van der Waals surface area contributed by atoms with E-state index >= 15 is 0 Å². The molecule has 0 aliphatic rings. The van der Waals surface area contributed by atoms with Gasteiger partial charge in [0.2, 0.25) is 0 Å². The minimum absolute atomic E-state index is 0.108. The summed E-state index contributed by atoms with van der Waals surface area (Å²) in [6, 6.07) is 16.2. The summed E-state index contributed by atoms with van der Waals surface area (Å²) < 4.78 is 5.05. The maximum Gasteiger partial charge on any atom is 0.291 e. The first-order chi connectivity index (χ1) is 12.5. The van der Waals surface area contributed by atoms with Gasteiger partial charge in [-0.1, -0.05) is 18.2 Å². The Morgan fingerprint density at radius 1 is 0.923 bits per heavy atom. The second-order valence-electron chi connectivity index (χ2n) is 6.11. The van der Waals surface area contributed by atoms with E-state index in [-0.39, 0.29) is 17.6 Å². The molecule has 0 aliphatic carbocycles. The zero-order chi connectivity index (χ0) is 18.5. The second-order valence-corrected chi connectivity index (χ2v) is 6.11. The molecular weight excluding hydrogens is 328 g/mol. The molecule has 0 bridgehead atoms. The van der Waals surface area contributed by atoms with Gasteiger partial charge in [-0.15, -0.1) is 0 Å². The van der Waals surface area contributed by atoms with E-state index in [1.165, 1.54) is 6.26 Å². The van der Waals surface area contributed by atoms with Gasteiger partial charge in [-0.2, -0.15) is 0 Å². The van der Waals surface area contributed by atoms with Crippen molar-refractivity contribution in [2.24, 2.45) is 0 Å². The summed E-state index contributed by atoms with van der Waals surface area (Å²) in [5.74, 6) is -0.149. The van der Waals surface area contributed by atoms with Gasteiger partial charge in [-0.25, -0.2) is 0 Å². The molecule has 0 radical (unpaired) electrons. The number of hydrogen-bond donors (Lipinski definition) is 2. The molecule has 0 unspecified atom stereocenters. The molecule has 2 N–H and O–H groups in total. The number of aryl methyl sites for hydroxylation is 2. The molecule has 1 heterocycles. The third kappa shape index (κ3) is 4.19. The Labute approximate surface area is 152 Å². The van der Waals surface area contributed by atoms with Gasteiger partial charge in [0.05, 0.1) is 6.26 Å². The van der Waals surface area contributed by atoms with E-state index in [0.717, 1.165) is 16.7 Å². The van der Waals surface area contributed by atoms with Gasteiger partial charge >= 0.3 is 0 Å². The Bertz CT molecular complexity index is 913. The number of nitrogens with one attached hydrogen (secondary N) is 2. The number of amides is 2. The van der Waals surface area contributed by atoms with E-state index in [2.05, 4.69) is 10.6 Å². The first-order valence-electron chi connectivity index (χ1n) is 8.32. The van der Waals surface area contributed by atoms with Crippen LogP contribution >= 0.6 is 0 Å². The summed E-state index contributed by atoms with van der Waals surface area (Å²) in [6.45, 7) is 4.42. The normalized spacial score (nSPS) is 10.4. The fourth-order valence-corrected chi connectivity index (χ4v) is 2.47. The van der Waals surface area contributed by atoms with Gasteiger partial charge in [-0.05, 0) is 66.9 Å². The largest absolute Gasteiger partial charge is 0.459 e. The molecule has 2 aromatic carbocycles. The van der Waals surface area contributed by atoms with Crippen molar-refractivity contribution in [3.8, 4) is 0 Å². The van der Waals surface area contributed by atoms with Crippen molar-refractivity contribution < 1.29 is 14.0 Å². The standard InChI is InChI=1S/C21H20N2O3/c1-14-5-8-17(12-15(14)2)20(24)22-13-16-6-9-18(10-7-16)23-21(25)19-4-3-11-26-19/h3-12H,13H2,1-2H3,(H,22,24)(H,23,25). The number of benzene rings is 2. The summed E-state index contributed by atoms with van der Waals surface area (Å²) in [7, 11) is 0. The molecule has 0 atom stereocenters. The van der Waals surface area contributed by atoms with Crippen LogP contribution in [0.3, 0.4) is 0 Å². The summed E-state index contributed by atoms with van der Waals surface area (Å²) in [6.07, 6.45) is 1.45. The van der Waals surface area contributed by atoms with E-state index in [1.807, 2.05) is 44.2 Å². The van der Waals surface area contributed by atoms with E-state index in [4.69, 9.17) is 4.42 Å². The van der Waals surface area contributed by atoms with Crippen LogP contribution in [0.2, 0.25) is 0 Å². The maximum absolute atomic E-state index is 12.2. The van der Waals surface area contributed by atoms with Crippen LogP contribution in [-0.2, 0) is 6.54 Å². The van der Waals surface area contributed by atoms with Crippen molar-refractivity contribution >= 4 is 17.5 Å². The van der Waals surface area contributed by atoms with Crippen molar-refractivity contribution in [3.05, 3.63) is 88.9 Å². The molecule has 3 rings (SSSR count). The lowest BCUT2D eigenvalue weighted by Crippen LogP contribution is -2.22. The number of carbonyl (C=O) groups is 2. The smallest absolute Gasteiger partial charge is 0.291 e. The first-order valence-corrected chi connectivity index (χ1v) is 8.32. The molecule has 0 fully saturated rings. The minimum Gasteiger partial charge on any atom is -0.459 e. The molecular formula is C21H20N2O3. The van der Waals surface area contributed by atoms with Gasteiger partial charge in [-0.3, -0.25) is 9.59 Å². The second kappa shape index (κ2) is 7.70. The zero-order valence-electron chi connectivity index (χ0n) is 14.7. The van der Waals surface area contributed by atoms with Gasteiger partial charge in [0.25, 0.3) is 11.8 Å². The Kier molecular flexibility index (Phi) is 5.17. The zero-order valence-corrected chi connectivity index (χ0v) is 14.7. The molecule has 0 saturated heterocycles. The predicted molar refractivity (Wildman–Crippen MR) is 100 cm³/mol. The minimum atomic E-state index is -0.300. The van der Waals surface area contributed by atoms with E-state index in [9.17, 15) is 9.59 Å². The molecule has 5 nitrogen and oxygen atoms in total. The number of rotatable bonds is 5. The monoisotopic (exact) mass is 348 g/mol. The van der Waals surface area contributed by atoms with Crippen molar-refractivity contribution in [2.75, 3.05) is 5.32 Å². The quantitative estimate of drug-likeness (QED) is 0.730. The third-order valence-corrected chi connectivity index (χ3v) is 4.18. The van der Waals surface area contributed by atoms with E-state index < -0.39 is 0 Å². The highest BCUT2D eigenvalue weighted by molar-refractivity contribution is 6.02. The van der Waals surface area contributed by atoms with Crippen molar-refractivity contribution in [1.29, 1.82) is 0 Å². The summed E-state index contributed by atoms with van der Waals surface area (Å²) in [4.78, 5) is 24.2.